The summed E-state index contributed by atoms with van der Waals surface area (Å²) in [6, 6.07) is 13.0. The van der Waals surface area contributed by atoms with Crippen LogP contribution in [0, 0.1) is 0 Å². The fourth-order valence-electron chi connectivity index (χ4n) is 2.90. The molecule has 0 unspecified atom stereocenters. The van der Waals surface area contributed by atoms with Gasteiger partial charge in [-0.1, -0.05) is 41.4 Å². The zero-order valence-electron chi connectivity index (χ0n) is 15.4. The van der Waals surface area contributed by atoms with Gasteiger partial charge in [0.05, 0.1) is 10.0 Å². The van der Waals surface area contributed by atoms with Crippen molar-refractivity contribution >= 4 is 40.9 Å². The second-order valence-electron chi connectivity index (χ2n) is 6.66. The van der Waals surface area contributed by atoms with Crippen LogP contribution in [0.25, 0.3) is 6.08 Å². The lowest BCUT2D eigenvalue weighted by molar-refractivity contribution is -0.114. The van der Waals surface area contributed by atoms with Crippen LogP contribution < -0.4 is 9.64 Å². The summed E-state index contributed by atoms with van der Waals surface area (Å²) in [6.45, 7) is 2.04. The number of ether oxygens (including phenoxy) is 1. The summed E-state index contributed by atoms with van der Waals surface area (Å²) < 4.78 is 5.89. The van der Waals surface area contributed by atoms with Crippen molar-refractivity contribution in [3.05, 3.63) is 63.6 Å². The fourth-order valence-corrected chi connectivity index (χ4v) is 3.20. The highest BCUT2D eigenvalue weighted by atomic mass is 35.5. The molecule has 0 bridgehead atoms. The fraction of sp³-hybridized carbons (Fsp3) is 0.286. The van der Waals surface area contributed by atoms with Crippen molar-refractivity contribution in [2.24, 2.45) is 0 Å². The Bertz CT molecular complexity index is 865. The van der Waals surface area contributed by atoms with Crippen molar-refractivity contribution < 1.29 is 9.53 Å². The molecule has 0 spiro atoms. The quantitative estimate of drug-likeness (QED) is 0.650. The van der Waals surface area contributed by atoms with Crippen molar-refractivity contribution in [3.63, 3.8) is 0 Å². The van der Waals surface area contributed by atoms with Crippen LogP contribution in [0.15, 0.2) is 48.0 Å². The van der Waals surface area contributed by atoms with Gasteiger partial charge in [0.1, 0.15) is 12.4 Å². The van der Waals surface area contributed by atoms with E-state index in [1.165, 1.54) is 0 Å². The summed E-state index contributed by atoms with van der Waals surface area (Å²) >= 11 is 12.1. The number of hydrogen-bond donors (Lipinski definition) is 0. The molecule has 0 N–H and O–H groups in total. The number of amides is 1. The van der Waals surface area contributed by atoms with Crippen molar-refractivity contribution in [1.29, 1.82) is 0 Å². The Labute approximate surface area is 169 Å². The van der Waals surface area contributed by atoms with E-state index in [-0.39, 0.29) is 5.91 Å². The van der Waals surface area contributed by atoms with Crippen molar-refractivity contribution in [1.82, 2.24) is 4.90 Å². The second-order valence-corrected chi connectivity index (χ2v) is 7.48. The molecule has 2 aromatic rings. The van der Waals surface area contributed by atoms with E-state index in [1.54, 1.807) is 17.0 Å². The maximum absolute atomic E-state index is 12.9. The maximum atomic E-state index is 12.9. The lowest BCUT2D eigenvalue weighted by Crippen LogP contribution is -2.24. The molecular weight excluding hydrogens is 383 g/mol. The van der Waals surface area contributed by atoms with Gasteiger partial charge < -0.3 is 14.5 Å². The predicted molar refractivity (Wildman–Crippen MR) is 112 cm³/mol. The molecule has 0 aromatic heterocycles. The number of anilines is 1. The van der Waals surface area contributed by atoms with Crippen LogP contribution >= 0.6 is 23.2 Å². The van der Waals surface area contributed by atoms with Gasteiger partial charge in [0.25, 0.3) is 5.91 Å². The van der Waals surface area contributed by atoms with Gasteiger partial charge in [-0.3, -0.25) is 4.79 Å². The first kappa shape index (κ1) is 19.7. The lowest BCUT2D eigenvalue weighted by atomic mass is 10.1. The summed E-state index contributed by atoms with van der Waals surface area (Å²) in [5.74, 6) is 0.768. The molecule has 4 nitrogen and oxygen atoms in total. The van der Waals surface area contributed by atoms with E-state index in [4.69, 9.17) is 27.9 Å². The lowest BCUT2D eigenvalue weighted by Gasteiger charge is -2.16. The zero-order valence-corrected chi connectivity index (χ0v) is 16.9. The molecular formula is C21H22Cl2N2O2. The average molecular weight is 405 g/mol. The molecule has 3 rings (SSSR count). The predicted octanol–water partition coefficient (Wildman–Crippen LogP) is 4.75. The van der Waals surface area contributed by atoms with Crippen LogP contribution in [-0.4, -0.2) is 44.6 Å². The van der Waals surface area contributed by atoms with Crippen LogP contribution in [0.3, 0.4) is 0 Å². The molecule has 0 atom stereocenters. The third-order valence-electron chi connectivity index (χ3n) is 4.38. The molecule has 27 heavy (non-hydrogen) atoms. The number of carbonyl (C=O) groups is 1. The Morgan fingerprint density at radius 3 is 2.67 bits per heavy atom. The number of likely N-dealkylation sites (N-methyl/N-ethyl adjacent to an activating group) is 1. The molecule has 1 aliphatic heterocycles. The van der Waals surface area contributed by atoms with E-state index in [0.29, 0.717) is 29.6 Å². The normalized spacial score (nSPS) is 15.8. The molecule has 0 saturated carbocycles. The van der Waals surface area contributed by atoms with Crippen molar-refractivity contribution in [2.45, 2.75) is 6.42 Å². The Morgan fingerprint density at radius 2 is 1.93 bits per heavy atom. The summed E-state index contributed by atoms with van der Waals surface area (Å²) in [5, 5.41) is 0.922. The number of nitrogens with zero attached hydrogens (tertiary/aromatic N) is 2. The van der Waals surface area contributed by atoms with Crippen molar-refractivity contribution in [3.8, 4) is 5.75 Å². The number of benzene rings is 2. The number of hydrogen-bond acceptors (Lipinski definition) is 3. The topological polar surface area (TPSA) is 32.8 Å². The smallest absolute Gasteiger partial charge is 0.254 e. The van der Waals surface area contributed by atoms with E-state index in [2.05, 4.69) is 4.90 Å². The summed E-state index contributed by atoms with van der Waals surface area (Å²) in [5.41, 5.74) is 2.42. The maximum Gasteiger partial charge on any atom is 0.254 e. The first-order valence-electron chi connectivity index (χ1n) is 8.80. The SMILES string of the molecule is CN(C)CCOc1ccccc1C=C1CCN(c2ccc(Cl)c(Cl)c2)C1=O. The highest BCUT2D eigenvalue weighted by molar-refractivity contribution is 6.42. The molecule has 1 heterocycles. The zero-order chi connectivity index (χ0) is 19.4. The van der Waals surface area contributed by atoms with Gasteiger partial charge in [0, 0.05) is 29.9 Å². The van der Waals surface area contributed by atoms with Gasteiger partial charge in [-0.25, -0.2) is 0 Å². The molecule has 0 aliphatic carbocycles. The molecule has 0 radical (unpaired) electrons. The Kier molecular flexibility index (Phi) is 6.42. The van der Waals surface area contributed by atoms with E-state index in [0.717, 1.165) is 29.1 Å². The molecule has 1 fully saturated rings. The van der Waals surface area contributed by atoms with E-state index in [9.17, 15) is 4.79 Å². The van der Waals surface area contributed by atoms with Crippen LogP contribution in [0.2, 0.25) is 10.0 Å². The molecule has 1 aliphatic rings. The summed E-state index contributed by atoms with van der Waals surface area (Å²) in [4.78, 5) is 16.6. The van der Waals surface area contributed by atoms with Crippen LogP contribution in [0.1, 0.15) is 12.0 Å². The minimum Gasteiger partial charge on any atom is -0.492 e. The first-order chi connectivity index (χ1) is 13.0. The van der Waals surface area contributed by atoms with Crippen LogP contribution in [0.4, 0.5) is 5.69 Å². The number of rotatable bonds is 6. The van der Waals surface area contributed by atoms with Crippen molar-refractivity contribution in [2.75, 3.05) is 38.7 Å². The summed E-state index contributed by atoms with van der Waals surface area (Å²) in [6.07, 6.45) is 2.59. The van der Waals surface area contributed by atoms with E-state index < -0.39 is 0 Å². The Morgan fingerprint density at radius 1 is 1.15 bits per heavy atom. The minimum atomic E-state index is -0.0171. The molecule has 6 heteroatoms. The van der Waals surface area contributed by atoms with Gasteiger partial charge in [0.15, 0.2) is 0 Å². The Balaban J connectivity index is 1.78. The molecule has 2 aromatic carbocycles. The van der Waals surface area contributed by atoms with Crippen LogP contribution in [0.5, 0.6) is 5.75 Å². The minimum absolute atomic E-state index is 0.0171. The Hall–Kier alpha value is -2.01. The summed E-state index contributed by atoms with van der Waals surface area (Å²) in [7, 11) is 4.01. The van der Waals surface area contributed by atoms with Gasteiger partial charge in [-0.2, -0.15) is 0 Å². The second kappa shape index (κ2) is 8.79. The van der Waals surface area contributed by atoms with E-state index >= 15 is 0 Å². The van der Waals surface area contributed by atoms with Crippen LogP contribution in [-0.2, 0) is 4.79 Å². The molecule has 142 valence electrons. The standard InChI is InChI=1S/C21H22Cl2N2O2/c1-24(2)11-12-27-20-6-4-3-5-15(20)13-16-9-10-25(21(16)26)17-7-8-18(22)19(23)14-17/h3-8,13-14H,9-12H2,1-2H3. The molecule has 1 saturated heterocycles. The number of carbonyl (C=O) groups excluding carboxylic acids is 1. The average Bonchev–Trinajstić information content (AvgIpc) is 2.99. The highest BCUT2D eigenvalue weighted by Gasteiger charge is 2.27. The van der Waals surface area contributed by atoms with Gasteiger partial charge in [0.2, 0.25) is 0 Å². The third kappa shape index (κ3) is 4.83. The highest BCUT2D eigenvalue weighted by Crippen LogP contribution is 2.32. The number of halogens is 2. The number of para-hydroxylation sites is 1. The first-order valence-corrected chi connectivity index (χ1v) is 9.55. The van der Waals surface area contributed by atoms with Gasteiger partial charge in [-0.05, 0) is 50.9 Å². The van der Waals surface area contributed by atoms with E-state index in [1.807, 2.05) is 50.5 Å². The monoisotopic (exact) mass is 404 g/mol. The van der Waals surface area contributed by atoms with Gasteiger partial charge in [-0.15, -0.1) is 0 Å². The third-order valence-corrected chi connectivity index (χ3v) is 5.12. The largest absolute Gasteiger partial charge is 0.492 e. The van der Waals surface area contributed by atoms with Gasteiger partial charge >= 0.3 is 0 Å². The molecule has 1 amide bonds.